The van der Waals surface area contributed by atoms with Crippen molar-refractivity contribution < 1.29 is 22.7 Å². The number of ether oxygens (including phenoxy) is 2. The maximum atomic E-state index is 12.5. The first-order valence-corrected chi connectivity index (χ1v) is 8.73. The van der Waals surface area contributed by atoms with Crippen LogP contribution >= 0.6 is 11.6 Å². The fraction of sp³-hybridized carbons (Fsp3) is 0.200. The van der Waals surface area contributed by atoms with E-state index < -0.39 is 16.0 Å². The molecule has 0 unspecified atom stereocenters. The molecular weight excluding hydrogens is 356 g/mol. The Bertz CT molecular complexity index is 837. The molecule has 0 saturated carbocycles. The molecule has 0 spiro atoms. The highest BCUT2D eigenvalue weighted by Gasteiger charge is 2.21. The van der Waals surface area contributed by atoms with Gasteiger partial charge in [0.05, 0.1) is 19.3 Å². The zero-order chi connectivity index (χ0) is 17.7. The van der Waals surface area contributed by atoms with Crippen LogP contribution in [0.5, 0.6) is 5.75 Å². The zero-order valence-corrected chi connectivity index (χ0v) is 14.5. The molecule has 0 aliphatic rings. The second-order valence-electron chi connectivity index (χ2n) is 4.55. The van der Waals surface area contributed by atoms with Gasteiger partial charge in [-0.15, -0.1) is 0 Å². The molecule has 0 aliphatic heterocycles. The number of sulfonamides is 1. The van der Waals surface area contributed by atoms with Crippen molar-refractivity contribution in [1.82, 2.24) is 4.98 Å². The summed E-state index contributed by atoms with van der Waals surface area (Å²) in [5, 5.41) is 0.252. The number of benzene rings is 1. The van der Waals surface area contributed by atoms with Crippen LogP contribution in [0.15, 0.2) is 41.4 Å². The summed E-state index contributed by atoms with van der Waals surface area (Å²) in [4.78, 5) is 15.3. The summed E-state index contributed by atoms with van der Waals surface area (Å²) >= 11 is 5.85. The number of esters is 1. The molecule has 7 nitrogen and oxygen atoms in total. The Hall–Kier alpha value is -2.32. The van der Waals surface area contributed by atoms with Crippen molar-refractivity contribution in [3.8, 4) is 5.75 Å². The van der Waals surface area contributed by atoms with Crippen LogP contribution in [0.1, 0.15) is 17.3 Å². The quantitative estimate of drug-likeness (QED) is 0.785. The van der Waals surface area contributed by atoms with Crippen molar-refractivity contribution in [1.29, 1.82) is 0 Å². The second-order valence-corrected chi connectivity index (χ2v) is 6.64. The van der Waals surface area contributed by atoms with E-state index in [4.69, 9.17) is 21.1 Å². The van der Waals surface area contributed by atoms with Gasteiger partial charge in [-0.2, -0.15) is 0 Å². The maximum Gasteiger partial charge on any atom is 0.339 e. The molecule has 9 heteroatoms. The van der Waals surface area contributed by atoms with E-state index >= 15 is 0 Å². The minimum absolute atomic E-state index is 0.0464. The number of pyridine rings is 1. The first-order valence-electron chi connectivity index (χ1n) is 6.87. The number of carbonyl (C=O) groups excluding carboxylic acids is 1. The van der Waals surface area contributed by atoms with Crippen LogP contribution in [0.4, 0.5) is 5.82 Å². The van der Waals surface area contributed by atoms with Gasteiger partial charge in [-0.1, -0.05) is 11.6 Å². The van der Waals surface area contributed by atoms with Gasteiger partial charge in [-0.3, -0.25) is 4.72 Å². The second kappa shape index (κ2) is 7.50. The lowest BCUT2D eigenvalue weighted by Gasteiger charge is -2.11. The highest BCUT2D eigenvalue weighted by Crippen LogP contribution is 2.28. The van der Waals surface area contributed by atoms with E-state index in [0.29, 0.717) is 0 Å². The minimum Gasteiger partial charge on any atom is -0.495 e. The van der Waals surface area contributed by atoms with Gasteiger partial charge in [0.25, 0.3) is 10.0 Å². The van der Waals surface area contributed by atoms with Gasteiger partial charge in [0.2, 0.25) is 0 Å². The SMILES string of the molecule is CCOC(=O)c1ccc(NS(=O)(=O)c2cc(Cl)ccc2OC)nc1. The molecule has 1 N–H and O–H groups in total. The Morgan fingerprint density at radius 1 is 1.29 bits per heavy atom. The van der Waals surface area contributed by atoms with Gasteiger partial charge >= 0.3 is 5.97 Å². The lowest BCUT2D eigenvalue weighted by molar-refractivity contribution is 0.0526. The molecule has 0 bridgehead atoms. The maximum absolute atomic E-state index is 12.5. The number of halogens is 1. The van der Waals surface area contributed by atoms with Gasteiger partial charge in [0.1, 0.15) is 16.5 Å². The summed E-state index contributed by atoms with van der Waals surface area (Å²) in [5.41, 5.74) is 0.222. The molecule has 0 atom stereocenters. The number of carbonyl (C=O) groups is 1. The van der Waals surface area contributed by atoms with Crippen LogP contribution in [0.3, 0.4) is 0 Å². The number of hydrogen-bond acceptors (Lipinski definition) is 6. The molecule has 128 valence electrons. The van der Waals surface area contributed by atoms with E-state index in [9.17, 15) is 13.2 Å². The minimum atomic E-state index is -3.96. The predicted octanol–water partition coefficient (Wildman–Crippen LogP) is 2.72. The Balaban J connectivity index is 2.27. The molecule has 0 amide bonds. The predicted molar refractivity (Wildman–Crippen MR) is 89.0 cm³/mol. The third-order valence-electron chi connectivity index (χ3n) is 2.93. The normalized spacial score (nSPS) is 11.0. The number of anilines is 1. The average molecular weight is 371 g/mol. The van der Waals surface area contributed by atoms with Gasteiger partial charge < -0.3 is 9.47 Å². The summed E-state index contributed by atoms with van der Waals surface area (Å²) in [6.07, 6.45) is 1.23. The smallest absolute Gasteiger partial charge is 0.339 e. The van der Waals surface area contributed by atoms with Crippen molar-refractivity contribution in [3.63, 3.8) is 0 Å². The molecule has 1 aromatic carbocycles. The van der Waals surface area contributed by atoms with Crippen LogP contribution in [0.25, 0.3) is 0 Å². The average Bonchev–Trinajstić information content (AvgIpc) is 2.55. The fourth-order valence-electron chi connectivity index (χ4n) is 1.84. The summed E-state index contributed by atoms with van der Waals surface area (Å²) in [5.74, 6) is -0.337. The van der Waals surface area contributed by atoms with Gasteiger partial charge in [0.15, 0.2) is 0 Å². The largest absolute Gasteiger partial charge is 0.495 e. The molecule has 2 rings (SSSR count). The monoisotopic (exact) mass is 370 g/mol. The van der Waals surface area contributed by atoms with E-state index in [1.165, 1.54) is 43.6 Å². The highest BCUT2D eigenvalue weighted by atomic mass is 35.5. The van der Waals surface area contributed by atoms with Gasteiger partial charge in [-0.25, -0.2) is 18.2 Å². The van der Waals surface area contributed by atoms with Gasteiger partial charge in [-0.05, 0) is 37.3 Å². The first-order chi connectivity index (χ1) is 11.4. The molecule has 0 radical (unpaired) electrons. The van der Waals surface area contributed by atoms with E-state index in [2.05, 4.69) is 9.71 Å². The van der Waals surface area contributed by atoms with E-state index in [0.717, 1.165) is 0 Å². The van der Waals surface area contributed by atoms with Gasteiger partial charge in [0, 0.05) is 11.2 Å². The lowest BCUT2D eigenvalue weighted by Crippen LogP contribution is -2.15. The van der Waals surface area contributed by atoms with Crippen molar-refractivity contribution in [2.75, 3.05) is 18.4 Å². The number of hydrogen-bond donors (Lipinski definition) is 1. The standard InChI is InChI=1S/C15H15ClN2O5S/c1-3-23-15(19)10-4-7-14(17-9-10)18-24(20,21)13-8-11(16)5-6-12(13)22-2/h4-9H,3H2,1-2H3,(H,17,18). The first kappa shape index (κ1) is 18.0. The summed E-state index contributed by atoms with van der Waals surface area (Å²) in [7, 11) is -2.60. The molecular formula is C15H15ClN2O5S. The Kier molecular flexibility index (Phi) is 5.63. The zero-order valence-electron chi connectivity index (χ0n) is 12.9. The Morgan fingerprint density at radius 2 is 2.04 bits per heavy atom. The Morgan fingerprint density at radius 3 is 2.62 bits per heavy atom. The third-order valence-corrected chi connectivity index (χ3v) is 4.54. The van der Waals surface area contributed by atoms with E-state index in [-0.39, 0.29) is 33.7 Å². The lowest BCUT2D eigenvalue weighted by atomic mass is 10.3. The molecule has 0 aliphatic carbocycles. The third kappa shape index (κ3) is 4.15. The number of methoxy groups -OCH3 is 1. The fourth-order valence-corrected chi connectivity index (χ4v) is 3.28. The number of rotatable bonds is 6. The molecule has 1 heterocycles. The number of nitrogens with one attached hydrogen (secondary N) is 1. The van der Waals surface area contributed by atoms with Crippen molar-refractivity contribution >= 4 is 33.4 Å². The van der Waals surface area contributed by atoms with Crippen molar-refractivity contribution in [2.45, 2.75) is 11.8 Å². The Labute approximate surface area is 144 Å². The molecule has 24 heavy (non-hydrogen) atoms. The van der Waals surface area contributed by atoms with Crippen molar-refractivity contribution in [2.24, 2.45) is 0 Å². The number of aromatic nitrogens is 1. The summed E-state index contributed by atoms with van der Waals surface area (Å²) < 4.78 is 37.1. The molecule has 1 aromatic heterocycles. The molecule has 2 aromatic rings. The van der Waals surface area contributed by atoms with Crippen LogP contribution in [-0.2, 0) is 14.8 Å². The summed E-state index contributed by atoms with van der Waals surface area (Å²) in [6, 6.07) is 7.02. The summed E-state index contributed by atoms with van der Waals surface area (Å²) in [6.45, 7) is 1.92. The van der Waals surface area contributed by atoms with Crippen LogP contribution in [0.2, 0.25) is 5.02 Å². The highest BCUT2D eigenvalue weighted by molar-refractivity contribution is 7.92. The molecule has 0 fully saturated rings. The van der Waals surface area contributed by atoms with E-state index in [1.54, 1.807) is 6.92 Å². The topological polar surface area (TPSA) is 94.6 Å². The van der Waals surface area contributed by atoms with Crippen LogP contribution in [0, 0.1) is 0 Å². The van der Waals surface area contributed by atoms with Crippen LogP contribution < -0.4 is 9.46 Å². The number of nitrogens with zero attached hydrogens (tertiary/aromatic N) is 1. The van der Waals surface area contributed by atoms with Crippen LogP contribution in [-0.4, -0.2) is 33.1 Å². The molecule has 0 saturated heterocycles. The van der Waals surface area contributed by atoms with Crippen molar-refractivity contribution in [3.05, 3.63) is 47.1 Å². The van der Waals surface area contributed by atoms with E-state index in [1.807, 2.05) is 0 Å².